The SMILES string of the molecule is O=C(O)C(F)(F)F.O=C(O)C(F)(F)F.O=C(O)C(F)(F)F.O=C(O)C(F)(F)F.[W]#[W]. The number of rotatable bonds is 0. The number of alkyl halides is 12. The van der Waals surface area contributed by atoms with Crippen molar-refractivity contribution in [2.75, 3.05) is 0 Å². The second-order valence-electron chi connectivity index (χ2n) is 3.21. The molecule has 22 heteroatoms. The van der Waals surface area contributed by atoms with E-state index in [0.717, 1.165) is 0 Å². The Labute approximate surface area is 173 Å². The molecule has 0 aliphatic rings. The van der Waals surface area contributed by atoms with Crippen LogP contribution >= 0.6 is 0 Å². The van der Waals surface area contributed by atoms with E-state index in [1.54, 1.807) is 31.9 Å². The Morgan fingerprint density at radius 3 is 0.433 bits per heavy atom. The molecule has 4 N–H and O–H groups in total. The Balaban J connectivity index is -0.0000000899. The minimum atomic E-state index is -5.08. The van der Waals surface area contributed by atoms with Crippen LogP contribution in [0.15, 0.2) is 0 Å². The summed E-state index contributed by atoms with van der Waals surface area (Å²) < 4.78 is 127. The molecule has 0 saturated heterocycles. The Morgan fingerprint density at radius 2 is 0.433 bits per heavy atom. The summed E-state index contributed by atoms with van der Waals surface area (Å²) in [4.78, 5) is 35.6. The van der Waals surface area contributed by atoms with E-state index in [2.05, 4.69) is 0 Å². The second kappa shape index (κ2) is 16.2. The molecule has 0 saturated carbocycles. The molecule has 0 aliphatic heterocycles. The third-order valence-corrected chi connectivity index (χ3v) is 0.970. The molecule has 0 amide bonds. The first-order valence-corrected chi connectivity index (χ1v) is 16.1. The van der Waals surface area contributed by atoms with Gasteiger partial charge in [0.1, 0.15) is 0 Å². The number of halogens is 12. The second-order valence-corrected chi connectivity index (χ2v) is 3.21. The average Bonchev–Trinajstić information content (AvgIpc) is 2.47. The maximum absolute atomic E-state index is 10.6. The molecule has 0 radical (unpaired) electrons. The Hall–Kier alpha value is -1.58. The van der Waals surface area contributed by atoms with Crippen LogP contribution in [0.2, 0.25) is 0 Å². The molecule has 0 spiro atoms. The molecule has 0 rings (SSSR count). The van der Waals surface area contributed by atoms with Crippen molar-refractivity contribution >= 4 is 23.9 Å². The summed E-state index contributed by atoms with van der Waals surface area (Å²) in [5, 5.41) is 28.5. The van der Waals surface area contributed by atoms with E-state index in [4.69, 9.17) is 39.6 Å². The van der Waals surface area contributed by atoms with Gasteiger partial charge >= 0.3 is 80.5 Å². The van der Waals surface area contributed by atoms with Crippen molar-refractivity contribution in [1.29, 1.82) is 0 Å². The number of carboxylic acids is 4. The topological polar surface area (TPSA) is 149 Å². The Bertz CT molecular complexity index is 478. The van der Waals surface area contributed by atoms with Gasteiger partial charge in [0.25, 0.3) is 0 Å². The number of aliphatic carboxylic acids is 4. The molecule has 0 aromatic rings. The number of carboxylic acid groups (broad SMARTS) is 4. The molecule has 0 heterocycles. The molecule has 0 fully saturated rings. The Morgan fingerprint density at radius 1 is 0.400 bits per heavy atom. The first-order valence-electron chi connectivity index (χ1n) is 5.15. The van der Waals surface area contributed by atoms with Gasteiger partial charge < -0.3 is 20.4 Å². The predicted octanol–water partition coefficient (Wildman–Crippen LogP) is 2.53. The van der Waals surface area contributed by atoms with Crippen molar-refractivity contribution in [3.63, 3.8) is 0 Å². The van der Waals surface area contributed by atoms with Crippen molar-refractivity contribution in [2.45, 2.75) is 24.7 Å². The molecule has 0 aromatic carbocycles. The summed E-state index contributed by atoms with van der Waals surface area (Å²) in [7, 11) is 0. The molecular formula is C8H4F12O8W2. The normalized spacial score (nSPS) is 10.6. The average molecular weight is 824 g/mol. The van der Waals surface area contributed by atoms with Crippen LogP contribution in [0.3, 0.4) is 0 Å². The van der Waals surface area contributed by atoms with E-state index in [0.29, 0.717) is 0 Å². The van der Waals surface area contributed by atoms with Gasteiger partial charge in [0, 0.05) is 0 Å². The summed E-state index contributed by atoms with van der Waals surface area (Å²) >= 11 is 3.33. The zero-order valence-corrected chi connectivity index (χ0v) is 18.6. The van der Waals surface area contributed by atoms with Gasteiger partial charge in [-0.15, -0.1) is 0 Å². The van der Waals surface area contributed by atoms with E-state index < -0.39 is 48.6 Å². The van der Waals surface area contributed by atoms with Gasteiger partial charge in [-0.1, -0.05) is 0 Å². The van der Waals surface area contributed by atoms with Crippen molar-refractivity contribution in [2.24, 2.45) is 0 Å². The van der Waals surface area contributed by atoms with Gasteiger partial charge in [0.2, 0.25) is 0 Å². The monoisotopic (exact) mass is 824 g/mol. The zero-order chi connectivity index (χ0) is 26.3. The van der Waals surface area contributed by atoms with E-state index in [1.165, 1.54) is 0 Å². The van der Waals surface area contributed by atoms with Crippen LogP contribution < -0.4 is 0 Å². The summed E-state index contributed by atoms with van der Waals surface area (Å²) in [6, 6.07) is 0. The molecular weight excluding hydrogens is 820 g/mol. The number of hydrogen-bond acceptors (Lipinski definition) is 4. The van der Waals surface area contributed by atoms with Gasteiger partial charge in [0.05, 0.1) is 0 Å². The van der Waals surface area contributed by atoms with Gasteiger partial charge in [-0.05, 0) is 0 Å². The first-order chi connectivity index (χ1) is 12.8. The van der Waals surface area contributed by atoms with Crippen molar-refractivity contribution < 1.29 is 124 Å². The molecule has 180 valence electrons. The fourth-order valence-corrected chi connectivity index (χ4v) is 0. The van der Waals surface area contributed by atoms with E-state index in [9.17, 15) is 52.7 Å². The van der Waals surface area contributed by atoms with Crippen LogP contribution in [0, 0.1) is 0 Å². The quantitative estimate of drug-likeness (QED) is 0.273. The fourth-order valence-electron chi connectivity index (χ4n) is 0. The third kappa shape index (κ3) is 34.0. The molecule has 0 bridgehead atoms. The van der Waals surface area contributed by atoms with E-state index >= 15 is 0 Å². The van der Waals surface area contributed by atoms with Gasteiger partial charge in [-0.2, -0.15) is 52.7 Å². The standard InChI is InChI=1S/4C2HF3O2.2W/c4*3-2(4,5)1(6)7;;/h4*(H,6,7);;. The zero-order valence-electron chi connectivity index (χ0n) is 12.8. The van der Waals surface area contributed by atoms with Crippen LogP contribution in [-0.2, 0) is 51.1 Å². The van der Waals surface area contributed by atoms with Gasteiger partial charge in [-0.25, -0.2) is 19.2 Å². The Kier molecular flexibility index (Phi) is 21.0. The van der Waals surface area contributed by atoms with Crippen molar-refractivity contribution in [3.05, 3.63) is 0 Å². The van der Waals surface area contributed by atoms with Crippen LogP contribution in [0.1, 0.15) is 0 Å². The van der Waals surface area contributed by atoms with E-state index in [1.807, 2.05) is 0 Å². The maximum atomic E-state index is 10.6. The van der Waals surface area contributed by atoms with Crippen LogP contribution in [-0.4, -0.2) is 69.0 Å². The van der Waals surface area contributed by atoms with E-state index in [-0.39, 0.29) is 0 Å². The fraction of sp³-hybridized carbons (Fsp3) is 0.500. The van der Waals surface area contributed by atoms with Gasteiger partial charge in [0.15, 0.2) is 0 Å². The molecule has 30 heavy (non-hydrogen) atoms. The first kappa shape index (κ1) is 39.0. The summed E-state index contributed by atoms with van der Waals surface area (Å²) in [6.45, 7) is 0. The molecule has 0 aliphatic carbocycles. The molecule has 0 atom stereocenters. The predicted molar refractivity (Wildman–Crippen MR) is 54.8 cm³/mol. The van der Waals surface area contributed by atoms with Crippen LogP contribution in [0.4, 0.5) is 52.7 Å². The third-order valence-electron chi connectivity index (χ3n) is 0.970. The number of hydrogen-bond donors (Lipinski definition) is 4. The van der Waals surface area contributed by atoms with Crippen LogP contribution in [0.25, 0.3) is 0 Å². The summed E-state index contributed by atoms with van der Waals surface area (Å²) in [5.41, 5.74) is 0. The van der Waals surface area contributed by atoms with Crippen molar-refractivity contribution in [3.8, 4) is 0 Å². The number of carbonyl (C=O) groups is 4. The molecule has 8 nitrogen and oxygen atoms in total. The summed E-state index contributed by atoms with van der Waals surface area (Å²) in [5.74, 6) is -11.0. The summed E-state index contributed by atoms with van der Waals surface area (Å²) in [6.07, 6.45) is -20.3. The molecule has 0 unspecified atom stereocenters. The minimum absolute atomic E-state index is 1.67. The van der Waals surface area contributed by atoms with Gasteiger partial charge in [-0.3, -0.25) is 0 Å². The molecule has 0 aromatic heterocycles. The van der Waals surface area contributed by atoms with Crippen molar-refractivity contribution in [1.82, 2.24) is 0 Å². The van der Waals surface area contributed by atoms with Crippen LogP contribution in [0.5, 0.6) is 0 Å².